The summed E-state index contributed by atoms with van der Waals surface area (Å²) in [6.45, 7) is 4.90. The van der Waals surface area contributed by atoms with Crippen molar-refractivity contribution in [2.24, 2.45) is 0 Å². The van der Waals surface area contributed by atoms with Crippen LogP contribution in [0.5, 0.6) is 0 Å². The molecule has 0 bridgehead atoms. The number of morpholine rings is 1. The maximum atomic E-state index is 11.8. The number of aromatic nitrogens is 1. The van der Waals surface area contributed by atoms with Crippen LogP contribution in [0.3, 0.4) is 0 Å². The fraction of sp³-hybridized carbons (Fsp3) is 0.538. The lowest BCUT2D eigenvalue weighted by Crippen LogP contribution is -2.45. The highest BCUT2D eigenvalue weighted by atomic mass is 16.5. The molecule has 1 aliphatic rings. The summed E-state index contributed by atoms with van der Waals surface area (Å²) in [5.41, 5.74) is 1.88. The van der Waals surface area contributed by atoms with Crippen LogP contribution in [-0.2, 0) is 16.0 Å². The first-order valence-corrected chi connectivity index (χ1v) is 6.25. The van der Waals surface area contributed by atoms with E-state index in [0.29, 0.717) is 19.6 Å². The molecule has 18 heavy (non-hydrogen) atoms. The predicted molar refractivity (Wildman–Crippen MR) is 68.3 cm³/mol. The number of carbonyl (C=O) groups excluding carboxylic acids is 1. The Balaban J connectivity index is 1.76. The van der Waals surface area contributed by atoms with Crippen LogP contribution in [0.1, 0.15) is 11.3 Å². The van der Waals surface area contributed by atoms with Crippen molar-refractivity contribution in [2.75, 3.05) is 26.2 Å². The van der Waals surface area contributed by atoms with E-state index in [0.717, 1.165) is 24.3 Å². The SMILES string of the molecule is Cc1cccnc1CC(=O)NCC1CNCCO1. The van der Waals surface area contributed by atoms with Gasteiger partial charge in [-0.2, -0.15) is 0 Å². The largest absolute Gasteiger partial charge is 0.374 e. The molecule has 0 spiro atoms. The van der Waals surface area contributed by atoms with E-state index in [1.54, 1.807) is 6.20 Å². The molecule has 1 aliphatic heterocycles. The smallest absolute Gasteiger partial charge is 0.226 e. The normalized spacial score (nSPS) is 19.5. The summed E-state index contributed by atoms with van der Waals surface area (Å²) in [6.07, 6.45) is 2.11. The Morgan fingerprint density at radius 2 is 2.56 bits per heavy atom. The summed E-state index contributed by atoms with van der Waals surface area (Å²) < 4.78 is 5.51. The molecule has 1 unspecified atom stereocenters. The first-order chi connectivity index (χ1) is 8.75. The van der Waals surface area contributed by atoms with Gasteiger partial charge in [0.05, 0.1) is 24.8 Å². The lowest BCUT2D eigenvalue weighted by Gasteiger charge is -2.23. The van der Waals surface area contributed by atoms with Crippen molar-refractivity contribution in [3.8, 4) is 0 Å². The number of aryl methyl sites for hydroxylation is 1. The molecule has 5 nitrogen and oxygen atoms in total. The number of hydrogen-bond donors (Lipinski definition) is 2. The monoisotopic (exact) mass is 249 g/mol. The van der Waals surface area contributed by atoms with E-state index in [1.807, 2.05) is 19.1 Å². The minimum absolute atomic E-state index is 0.00836. The quantitative estimate of drug-likeness (QED) is 0.790. The highest BCUT2D eigenvalue weighted by molar-refractivity contribution is 5.78. The van der Waals surface area contributed by atoms with E-state index >= 15 is 0 Å². The fourth-order valence-corrected chi connectivity index (χ4v) is 1.90. The summed E-state index contributed by atoms with van der Waals surface area (Å²) >= 11 is 0. The predicted octanol–water partition coefficient (Wildman–Crippen LogP) is 0.0371. The van der Waals surface area contributed by atoms with E-state index in [9.17, 15) is 4.79 Å². The van der Waals surface area contributed by atoms with Crippen molar-refractivity contribution in [3.05, 3.63) is 29.6 Å². The van der Waals surface area contributed by atoms with Gasteiger partial charge < -0.3 is 15.4 Å². The fourth-order valence-electron chi connectivity index (χ4n) is 1.90. The lowest BCUT2D eigenvalue weighted by atomic mass is 10.1. The zero-order chi connectivity index (χ0) is 12.8. The molecule has 2 heterocycles. The third-order valence-corrected chi connectivity index (χ3v) is 2.98. The Hall–Kier alpha value is -1.46. The van der Waals surface area contributed by atoms with Gasteiger partial charge in [-0.25, -0.2) is 0 Å². The molecule has 0 aliphatic carbocycles. The molecule has 2 N–H and O–H groups in total. The van der Waals surface area contributed by atoms with Gasteiger partial charge in [0.1, 0.15) is 0 Å². The van der Waals surface area contributed by atoms with Crippen LogP contribution < -0.4 is 10.6 Å². The number of nitrogens with one attached hydrogen (secondary N) is 2. The van der Waals surface area contributed by atoms with Crippen LogP contribution in [0, 0.1) is 6.92 Å². The average Bonchev–Trinajstić information content (AvgIpc) is 2.40. The molecule has 0 radical (unpaired) electrons. The number of carbonyl (C=O) groups is 1. The van der Waals surface area contributed by atoms with Crippen LogP contribution in [0.15, 0.2) is 18.3 Å². The minimum atomic E-state index is -0.00836. The maximum Gasteiger partial charge on any atom is 0.226 e. The summed E-state index contributed by atoms with van der Waals surface area (Å²) in [7, 11) is 0. The first-order valence-electron chi connectivity index (χ1n) is 6.25. The highest BCUT2D eigenvalue weighted by Gasteiger charge is 2.14. The Kier molecular flexibility index (Phi) is 4.66. The third kappa shape index (κ3) is 3.78. The van der Waals surface area contributed by atoms with Crippen LogP contribution in [0.4, 0.5) is 0 Å². The second-order valence-electron chi connectivity index (χ2n) is 4.44. The molecule has 0 saturated carbocycles. The highest BCUT2D eigenvalue weighted by Crippen LogP contribution is 2.03. The van der Waals surface area contributed by atoms with Crippen molar-refractivity contribution in [1.29, 1.82) is 0 Å². The van der Waals surface area contributed by atoms with Gasteiger partial charge in [-0.05, 0) is 18.6 Å². The Morgan fingerprint density at radius 3 is 3.28 bits per heavy atom. The lowest BCUT2D eigenvalue weighted by molar-refractivity contribution is -0.121. The standard InChI is InChI=1S/C13H19N3O2/c1-10-3-2-4-15-12(10)7-13(17)16-9-11-8-14-5-6-18-11/h2-4,11,14H,5-9H2,1H3,(H,16,17). The van der Waals surface area contributed by atoms with Crippen molar-refractivity contribution in [3.63, 3.8) is 0 Å². The number of rotatable bonds is 4. The molecule has 2 rings (SSSR count). The van der Waals surface area contributed by atoms with Crippen molar-refractivity contribution in [1.82, 2.24) is 15.6 Å². The average molecular weight is 249 g/mol. The number of hydrogen-bond acceptors (Lipinski definition) is 4. The van der Waals surface area contributed by atoms with E-state index in [2.05, 4.69) is 15.6 Å². The van der Waals surface area contributed by atoms with Crippen LogP contribution >= 0.6 is 0 Å². The van der Waals surface area contributed by atoms with Crippen molar-refractivity contribution in [2.45, 2.75) is 19.4 Å². The molecule has 1 aromatic rings. The Labute approximate surface area is 107 Å². The molecule has 1 saturated heterocycles. The molecule has 1 aromatic heterocycles. The van der Waals surface area contributed by atoms with Gasteiger partial charge in [0.15, 0.2) is 0 Å². The van der Waals surface area contributed by atoms with Crippen molar-refractivity contribution >= 4 is 5.91 Å². The molecule has 0 aromatic carbocycles. The molecule has 1 fully saturated rings. The summed E-state index contributed by atoms with van der Waals surface area (Å²) in [5, 5.41) is 6.11. The second kappa shape index (κ2) is 6.47. The van der Waals surface area contributed by atoms with Gasteiger partial charge in [0.25, 0.3) is 0 Å². The van der Waals surface area contributed by atoms with E-state index in [1.165, 1.54) is 0 Å². The van der Waals surface area contributed by atoms with Gasteiger partial charge in [-0.15, -0.1) is 0 Å². The number of amides is 1. The third-order valence-electron chi connectivity index (χ3n) is 2.98. The van der Waals surface area contributed by atoms with E-state index in [-0.39, 0.29) is 12.0 Å². The summed E-state index contributed by atoms with van der Waals surface area (Å²) in [5.74, 6) is -0.00836. The Bertz CT molecular complexity index is 403. The molecular formula is C13H19N3O2. The van der Waals surface area contributed by atoms with Gasteiger partial charge in [0.2, 0.25) is 5.91 Å². The van der Waals surface area contributed by atoms with Crippen LogP contribution in [0.25, 0.3) is 0 Å². The summed E-state index contributed by atoms with van der Waals surface area (Å²) in [4.78, 5) is 16.0. The number of pyridine rings is 1. The molecule has 1 atom stereocenters. The number of nitrogens with zero attached hydrogens (tertiary/aromatic N) is 1. The van der Waals surface area contributed by atoms with Crippen LogP contribution in [-0.4, -0.2) is 43.2 Å². The minimum Gasteiger partial charge on any atom is -0.374 e. The van der Waals surface area contributed by atoms with Gasteiger partial charge >= 0.3 is 0 Å². The summed E-state index contributed by atoms with van der Waals surface area (Å²) in [6, 6.07) is 3.84. The molecular weight excluding hydrogens is 230 g/mol. The molecule has 5 heteroatoms. The molecule has 98 valence electrons. The van der Waals surface area contributed by atoms with E-state index in [4.69, 9.17) is 4.74 Å². The van der Waals surface area contributed by atoms with Crippen LogP contribution in [0.2, 0.25) is 0 Å². The molecule has 1 amide bonds. The van der Waals surface area contributed by atoms with Gasteiger partial charge in [-0.1, -0.05) is 6.07 Å². The first kappa shape index (κ1) is 13.0. The topological polar surface area (TPSA) is 63.2 Å². The Morgan fingerprint density at radius 1 is 1.67 bits per heavy atom. The van der Waals surface area contributed by atoms with Crippen molar-refractivity contribution < 1.29 is 9.53 Å². The van der Waals surface area contributed by atoms with E-state index < -0.39 is 0 Å². The zero-order valence-corrected chi connectivity index (χ0v) is 10.6. The van der Waals surface area contributed by atoms with Gasteiger partial charge in [-0.3, -0.25) is 9.78 Å². The number of ether oxygens (including phenoxy) is 1. The maximum absolute atomic E-state index is 11.8. The zero-order valence-electron chi connectivity index (χ0n) is 10.6. The second-order valence-corrected chi connectivity index (χ2v) is 4.44. The van der Waals surface area contributed by atoms with Gasteiger partial charge in [0, 0.05) is 25.8 Å².